The van der Waals surface area contributed by atoms with Crippen molar-refractivity contribution in [1.29, 1.82) is 0 Å². The minimum absolute atomic E-state index is 0.147. The number of furan rings is 1. The second kappa shape index (κ2) is 6.74. The molecule has 2 heterocycles. The van der Waals surface area contributed by atoms with E-state index < -0.39 is 0 Å². The number of hydrazine groups is 1. The highest BCUT2D eigenvalue weighted by atomic mass is 16.3. The van der Waals surface area contributed by atoms with Crippen LogP contribution in [0.3, 0.4) is 0 Å². The average Bonchev–Trinajstić information content (AvgIpc) is 2.99. The number of rotatable bonds is 5. The summed E-state index contributed by atoms with van der Waals surface area (Å²) in [4.78, 5) is 12.2. The van der Waals surface area contributed by atoms with Crippen LogP contribution >= 0.6 is 0 Å². The largest absolute Gasteiger partial charge is 0.465 e. The summed E-state index contributed by atoms with van der Waals surface area (Å²) in [6, 6.07) is 11.0. The fourth-order valence-corrected chi connectivity index (χ4v) is 2.17. The first kappa shape index (κ1) is 14.8. The summed E-state index contributed by atoms with van der Waals surface area (Å²) in [7, 11) is 0. The number of hydrogen-bond donors (Lipinski definition) is 4. The number of benzene rings is 1. The van der Waals surface area contributed by atoms with E-state index in [-0.39, 0.29) is 5.91 Å². The monoisotopic (exact) mass is 310 g/mol. The van der Waals surface area contributed by atoms with Gasteiger partial charge in [0.15, 0.2) is 0 Å². The maximum Gasteiger partial charge on any atom is 0.251 e. The van der Waals surface area contributed by atoms with Gasteiger partial charge in [-0.2, -0.15) is 0 Å². The zero-order chi connectivity index (χ0) is 16.1. The van der Waals surface area contributed by atoms with Crippen LogP contribution in [-0.2, 0) is 6.54 Å². The lowest BCUT2D eigenvalue weighted by Crippen LogP contribution is -2.31. The van der Waals surface area contributed by atoms with Crippen molar-refractivity contribution in [1.82, 2.24) is 16.2 Å². The van der Waals surface area contributed by atoms with Crippen LogP contribution in [0.1, 0.15) is 21.9 Å². The third kappa shape index (κ3) is 3.94. The van der Waals surface area contributed by atoms with Crippen LogP contribution in [-0.4, -0.2) is 5.91 Å². The van der Waals surface area contributed by atoms with Gasteiger partial charge >= 0.3 is 0 Å². The Morgan fingerprint density at radius 3 is 2.91 bits per heavy atom. The number of anilines is 1. The van der Waals surface area contributed by atoms with Gasteiger partial charge in [0, 0.05) is 17.5 Å². The maximum atomic E-state index is 12.2. The molecule has 0 saturated carbocycles. The van der Waals surface area contributed by atoms with Gasteiger partial charge in [0.2, 0.25) is 0 Å². The van der Waals surface area contributed by atoms with Crippen LogP contribution in [0.25, 0.3) is 0 Å². The molecule has 118 valence electrons. The van der Waals surface area contributed by atoms with Gasteiger partial charge < -0.3 is 20.5 Å². The summed E-state index contributed by atoms with van der Waals surface area (Å²) in [5, 5.41) is 6.04. The van der Waals surface area contributed by atoms with Gasteiger partial charge in [-0.15, -0.1) is 0 Å². The molecule has 1 amide bonds. The molecule has 4 N–H and O–H groups in total. The van der Waals surface area contributed by atoms with E-state index in [0.29, 0.717) is 12.1 Å². The van der Waals surface area contributed by atoms with Gasteiger partial charge in [-0.25, -0.2) is 0 Å². The van der Waals surface area contributed by atoms with Gasteiger partial charge in [0.05, 0.1) is 6.54 Å². The van der Waals surface area contributed by atoms with E-state index in [1.807, 2.05) is 43.3 Å². The number of hydrogen-bond acceptors (Lipinski definition) is 5. The highest BCUT2D eigenvalue weighted by Gasteiger charge is 2.08. The number of carbonyl (C=O) groups is 1. The Bertz CT molecular complexity index is 761. The fourth-order valence-electron chi connectivity index (χ4n) is 2.17. The number of amides is 1. The summed E-state index contributed by atoms with van der Waals surface area (Å²) in [6.45, 7) is 2.24. The summed E-state index contributed by atoms with van der Waals surface area (Å²) in [6.07, 6.45) is 5.55. The zero-order valence-electron chi connectivity index (χ0n) is 12.7. The second-order valence-corrected chi connectivity index (χ2v) is 5.11. The van der Waals surface area contributed by atoms with Gasteiger partial charge in [0.1, 0.15) is 17.3 Å². The Morgan fingerprint density at radius 2 is 2.17 bits per heavy atom. The van der Waals surface area contributed by atoms with E-state index in [4.69, 9.17) is 4.42 Å². The minimum atomic E-state index is -0.147. The molecule has 6 heteroatoms. The molecule has 0 bridgehead atoms. The number of allylic oxidation sites excluding steroid dienone is 2. The maximum absolute atomic E-state index is 12.2. The topological polar surface area (TPSA) is 78.3 Å². The molecule has 1 aliphatic heterocycles. The summed E-state index contributed by atoms with van der Waals surface area (Å²) in [5.41, 5.74) is 7.25. The first-order valence-corrected chi connectivity index (χ1v) is 7.30. The Hall–Kier alpha value is -3.15. The molecule has 0 atom stereocenters. The van der Waals surface area contributed by atoms with Crippen molar-refractivity contribution in [3.8, 4) is 0 Å². The lowest BCUT2D eigenvalue weighted by atomic mass is 10.2. The molecule has 3 rings (SSSR count). The molecule has 1 aromatic carbocycles. The summed E-state index contributed by atoms with van der Waals surface area (Å²) in [5.74, 6) is 2.22. The van der Waals surface area contributed by atoms with Gasteiger partial charge in [-0.3, -0.25) is 10.2 Å². The highest BCUT2D eigenvalue weighted by molar-refractivity contribution is 5.95. The van der Waals surface area contributed by atoms with Crippen molar-refractivity contribution >= 4 is 11.6 Å². The molecule has 2 aromatic rings. The molecule has 0 aliphatic carbocycles. The lowest BCUT2D eigenvalue weighted by Gasteiger charge is -2.16. The van der Waals surface area contributed by atoms with Gasteiger partial charge in [-0.1, -0.05) is 6.07 Å². The van der Waals surface area contributed by atoms with Crippen molar-refractivity contribution in [3.05, 3.63) is 77.7 Å². The van der Waals surface area contributed by atoms with Crippen LogP contribution in [0.15, 0.2) is 65.0 Å². The van der Waals surface area contributed by atoms with E-state index >= 15 is 0 Å². The van der Waals surface area contributed by atoms with Crippen molar-refractivity contribution in [2.24, 2.45) is 0 Å². The third-order valence-corrected chi connectivity index (χ3v) is 3.27. The fraction of sp³-hybridized carbons (Fsp3) is 0.118. The Labute approximate surface area is 134 Å². The molecule has 1 aliphatic rings. The standard InChI is InChI=1S/C17H18N4O2/c1-12-7-8-15(23-12)11-18-17(22)13-4-2-5-14(10-13)20-16-6-3-9-19-21-16/h2-10,19-21H,11H2,1H3,(H,18,22). The van der Waals surface area contributed by atoms with Crippen LogP contribution < -0.4 is 21.5 Å². The molecule has 6 nitrogen and oxygen atoms in total. The normalized spacial score (nSPS) is 12.8. The molecular weight excluding hydrogens is 292 g/mol. The van der Waals surface area contributed by atoms with Crippen LogP contribution in [0.4, 0.5) is 5.69 Å². The van der Waals surface area contributed by atoms with Crippen molar-refractivity contribution in [3.63, 3.8) is 0 Å². The molecule has 1 aromatic heterocycles. The third-order valence-electron chi connectivity index (χ3n) is 3.27. The second-order valence-electron chi connectivity index (χ2n) is 5.11. The van der Waals surface area contributed by atoms with Crippen LogP contribution in [0, 0.1) is 6.92 Å². The molecular formula is C17H18N4O2. The van der Waals surface area contributed by atoms with Crippen molar-refractivity contribution in [2.45, 2.75) is 13.5 Å². The van der Waals surface area contributed by atoms with Gasteiger partial charge in [0.25, 0.3) is 5.91 Å². The van der Waals surface area contributed by atoms with E-state index in [2.05, 4.69) is 21.5 Å². The molecule has 0 saturated heterocycles. The van der Waals surface area contributed by atoms with Crippen LogP contribution in [0.2, 0.25) is 0 Å². The molecule has 0 spiro atoms. The number of nitrogens with one attached hydrogen (secondary N) is 4. The van der Waals surface area contributed by atoms with E-state index in [1.54, 1.807) is 18.3 Å². The minimum Gasteiger partial charge on any atom is -0.465 e. The van der Waals surface area contributed by atoms with E-state index in [1.165, 1.54) is 0 Å². The number of carbonyl (C=O) groups excluding carboxylic acids is 1. The smallest absolute Gasteiger partial charge is 0.251 e. The SMILES string of the molecule is Cc1ccc(CNC(=O)c2cccc(NC3=CC=CNN3)c2)o1. The molecule has 0 fully saturated rings. The first-order chi connectivity index (χ1) is 11.2. The van der Waals surface area contributed by atoms with Crippen molar-refractivity contribution in [2.75, 3.05) is 5.32 Å². The summed E-state index contributed by atoms with van der Waals surface area (Å²) < 4.78 is 5.44. The molecule has 0 radical (unpaired) electrons. The Morgan fingerprint density at radius 1 is 1.26 bits per heavy atom. The average molecular weight is 310 g/mol. The van der Waals surface area contributed by atoms with Crippen LogP contribution in [0.5, 0.6) is 0 Å². The summed E-state index contributed by atoms with van der Waals surface area (Å²) >= 11 is 0. The molecule has 23 heavy (non-hydrogen) atoms. The zero-order valence-corrected chi connectivity index (χ0v) is 12.7. The van der Waals surface area contributed by atoms with E-state index in [0.717, 1.165) is 23.0 Å². The van der Waals surface area contributed by atoms with E-state index in [9.17, 15) is 4.79 Å². The Balaban J connectivity index is 1.63. The predicted octanol–water partition coefficient (Wildman–Crippen LogP) is 2.39. The Kier molecular flexibility index (Phi) is 4.33. The quantitative estimate of drug-likeness (QED) is 0.682. The van der Waals surface area contributed by atoms with Crippen molar-refractivity contribution < 1.29 is 9.21 Å². The lowest BCUT2D eigenvalue weighted by molar-refractivity contribution is 0.0948. The predicted molar refractivity (Wildman–Crippen MR) is 88.2 cm³/mol. The number of aryl methyl sites for hydroxylation is 1. The van der Waals surface area contributed by atoms with Gasteiger partial charge in [-0.05, 0) is 49.4 Å². The molecule has 0 unspecified atom stereocenters. The first-order valence-electron chi connectivity index (χ1n) is 7.30. The highest BCUT2D eigenvalue weighted by Crippen LogP contribution is 2.13.